The highest BCUT2D eigenvalue weighted by atomic mass is 32.2. The van der Waals surface area contributed by atoms with Crippen LogP contribution in [-0.4, -0.2) is 19.9 Å². The summed E-state index contributed by atoms with van der Waals surface area (Å²) in [5, 5.41) is 10.6. The highest BCUT2D eigenvalue weighted by molar-refractivity contribution is 7.98. The number of thiophene rings is 1. The zero-order valence-corrected chi connectivity index (χ0v) is 15.4. The lowest BCUT2D eigenvalue weighted by molar-refractivity contribution is 0.921. The standard InChI is InChI=1S/C16H15N5OS2/c1-7-9(3)24-16-13(7)14(22)20-12(21-16)6-23-15-11(5-17)8(2)18-10(4)19-15/h6H2,1-4H3,(H,20,21,22). The summed E-state index contributed by atoms with van der Waals surface area (Å²) in [5.41, 5.74) is 2.00. The first-order valence-electron chi connectivity index (χ1n) is 7.27. The largest absolute Gasteiger partial charge is 0.309 e. The van der Waals surface area contributed by atoms with Gasteiger partial charge in [-0.25, -0.2) is 15.0 Å². The first-order chi connectivity index (χ1) is 11.4. The molecule has 0 amide bonds. The van der Waals surface area contributed by atoms with E-state index in [0.717, 1.165) is 15.3 Å². The molecular formula is C16H15N5OS2. The predicted molar refractivity (Wildman–Crippen MR) is 95.5 cm³/mol. The Morgan fingerprint density at radius 3 is 2.67 bits per heavy atom. The molecule has 3 rings (SSSR count). The molecule has 1 N–H and O–H groups in total. The minimum Gasteiger partial charge on any atom is -0.309 e. The molecule has 0 spiro atoms. The molecule has 6 nitrogen and oxygen atoms in total. The number of nitrogens with one attached hydrogen (secondary N) is 1. The van der Waals surface area contributed by atoms with Gasteiger partial charge in [0.05, 0.1) is 16.8 Å². The number of thioether (sulfide) groups is 1. The van der Waals surface area contributed by atoms with Gasteiger partial charge in [0.25, 0.3) is 5.56 Å². The maximum atomic E-state index is 12.3. The number of H-pyrrole nitrogens is 1. The van der Waals surface area contributed by atoms with Crippen molar-refractivity contribution in [3.8, 4) is 6.07 Å². The van der Waals surface area contributed by atoms with Crippen LogP contribution in [0.1, 0.15) is 33.3 Å². The van der Waals surface area contributed by atoms with Gasteiger partial charge in [0.1, 0.15) is 33.1 Å². The number of nitrogens with zero attached hydrogens (tertiary/aromatic N) is 4. The van der Waals surface area contributed by atoms with Crippen molar-refractivity contribution in [2.45, 2.75) is 38.5 Å². The Balaban J connectivity index is 1.95. The van der Waals surface area contributed by atoms with Crippen LogP contribution in [0.3, 0.4) is 0 Å². The molecule has 3 aromatic rings. The van der Waals surface area contributed by atoms with Gasteiger partial charge in [0.2, 0.25) is 0 Å². The van der Waals surface area contributed by atoms with Crippen LogP contribution in [0, 0.1) is 39.0 Å². The Kier molecular flexibility index (Phi) is 4.39. The van der Waals surface area contributed by atoms with Crippen molar-refractivity contribution in [2.24, 2.45) is 0 Å². The van der Waals surface area contributed by atoms with Crippen molar-refractivity contribution in [2.75, 3.05) is 0 Å². The first kappa shape index (κ1) is 16.6. The van der Waals surface area contributed by atoms with Crippen LogP contribution < -0.4 is 5.56 Å². The number of hydrogen-bond donors (Lipinski definition) is 1. The van der Waals surface area contributed by atoms with Crippen molar-refractivity contribution in [1.29, 1.82) is 5.26 Å². The van der Waals surface area contributed by atoms with E-state index in [1.807, 2.05) is 13.8 Å². The molecule has 0 fully saturated rings. The van der Waals surface area contributed by atoms with E-state index in [4.69, 9.17) is 0 Å². The molecule has 0 atom stereocenters. The summed E-state index contributed by atoms with van der Waals surface area (Å²) in [7, 11) is 0. The maximum absolute atomic E-state index is 12.3. The van der Waals surface area contributed by atoms with E-state index in [-0.39, 0.29) is 5.56 Å². The normalized spacial score (nSPS) is 11.0. The van der Waals surface area contributed by atoms with Gasteiger partial charge in [-0.05, 0) is 33.3 Å². The average molecular weight is 357 g/mol. The van der Waals surface area contributed by atoms with E-state index in [1.54, 1.807) is 13.8 Å². The molecule has 0 aliphatic rings. The van der Waals surface area contributed by atoms with E-state index < -0.39 is 0 Å². The van der Waals surface area contributed by atoms with Crippen molar-refractivity contribution < 1.29 is 0 Å². The maximum Gasteiger partial charge on any atom is 0.259 e. The van der Waals surface area contributed by atoms with Crippen LogP contribution in [-0.2, 0) is 5.75 Å². The summed E-state index contributed by atoms with van der Waals surface area (Å²) < 4.78 is 0. The first-order valence-corrected chi connectivity index (χ1v) is 9.08. The fourth-order valence-electron chi connectivity index (χ4n) is 2.42. The molecule has 8 heteroatoms. The van der Waals surface area contributed by atoms with Gasteiger partial charge in [-0.3, -0.25) is 4.79 Å². The SMILES string of the molecule is Cc1nc(C)c(C#N)c(SCc2nc3sc(C)c(C)c3c(=O)[nH]2)n1. The molecule has 0 radical (unpaired) electrons. The van der Waals surface area contributed by atoms with Crippen molar-refractivity contribution in [3.05, 3.63) is 43.7 Å². The molecule has 122 valence electrons. The molecule has 0 unspecified atom stereocenters. The Morgan fingerprint density at radius 2 is 1.96 bits per heavy atom. The van der Waals surface area contributed by atoms with E-state index in [9.17, 15) is 10.1 Å². The fraction of sp³-hybridized carbons (Fsp3) is 0.312. The minimum absolute atomic E-state index is 0.118. The van der Waals surface area contributed by atoms with Gasteiger partial charge >= 0.3 is 0 Å². The zero-order valence-electron chi connectivity index (χ0n) is 13.7. The second-order valence-corrected chi connectivity index (χ2v) is 7.58. The van der Waals surface area contributed by atoms with Crippen LogP contribution in [0.2, 0.25) is 0 Å². The van der Waals surface area contributed by atoms with Gasteiger partial charge in [-0.1, -0.05) is 11.8 Å². The van der Waals surface area contributed by atoms with Crippen LogP contribution in [0.4, 0.5) is 0 Å². The van der Waals surface area contributed by atoms with Crippen molar-refractivity contribution >= 4 is 33.3 Å². The van der Waals surface area contributed by atoms with E-state index in [1.165, 1.54) is 23.1 Å². The average Bonchev–Trinajstić information content (AvgIpc) is 2.80. The Labute approximate surface area is 147 Å². The Morgan fingerprint density at radius 1 is 1.21 bits per heavy atom. The molecule has 24 heavy (non-hydrogen) atoms. The second kappa shape index (κ2) is 6.34. The second-order valence-electron chi connectivity index (χ2n) is 5.41. The van der Waals surface area contributed by atoms with E-state index in [2.05, 4.69) is 26.0 Å². The topological polar surface area (TPSA) is 95.3 Å². The number of aromatic amines is 1. The highest BCUT2D eigenvalue weighted by Crippen LogP contribution is 2.28. The lowest BCUT2D eigenvalue weighted by atomic mass is 10.2. The minimum atomic E-state index is -0.118. The quantitative estimate of drug-likeness (QED) is 0.571. The molecular weight excluding hydrogens is 342 g/mol. The van der Waals surface area contributed by atoms with E-state index in [0.29, 0.717) is 39.1 Å². The summed E-state index contributed by atoms with van der Waals surface area (Å²) in [4.78, 5) is 30.1. The molecule has 0 saturated carbocycles. The third-order valence-electron chi connectivity index (χ3n) is 3.71. The number of aromatic nitrogens is 4. The summed E-state index contributed by atoms with van der Waals surface area (Å²) in [5.74, 6) is 1.64. The third-order valence-corrected chi connectivity index (χ3v) is 5.80. The summed E-state index contributed by atoms with van der Waals surface area (Å²) >= 11 is 2.90. The third kappa shape index (κ3) is 2.92. The molecule has 3 aromatic heterocycles. The van der Waals surface area contributed by atoms with Gasteiger partial charge in [0, 0.05) is 4.88 Å². The lowest BCUT2D eigenvalue weighted by Gasteiger charge is -2.06. The molecule has 3 heterocycles. The highest BCUT2D eigenvalue weighted by Gasteiger charge is 2.14. The van der Waals surface area contributed by atoms with Gasteiger partial charge in [-0.2, -0.15) is 5.26 Å². The van der Waals surface area contributed by atoms with Crippen molar-refractivity contribution in [3.63, 3.8) is 0 Å². The smallest absolute Gasteiger partial charge is 0.259 e. The number of aryl methyl sites for hydroxylation is 4. The number of fused-ring (bicyclic) bond motifs is 1. The van der Waals surface area contributed by atoms with Gasteiger partial charge in [-0.15, -0.1) is 11.3 Å². The Bertz CT molecular complexity index is 1050. The van der Waals surface area contributed by atoms with Crippen molar-refractivity contribution in [1.82, 2.24) is 19.9 Å². The summed E-state index contributed by atoms with van der Waals surface area (Å²) in [6.45, 7) is 7.51. The van der Waals surface area contributed by atoms with Crippen LogP contribution in [0.25, 0.3) is 10.2 Å². The number of hydrogen-bond acceptors (Lipinski definition) is 7. The number of nitriles is 1. The molecule has 0 aliphatic carbocycles. The van der Waals surface area contributed by atoms with Crippen LogP contribution >= 0.6 is 23.1 Å². The van der Waals surface area contributed by atoms with Gasteiger partial charge < -0.3 is 4.98 Å². The molecule has 0 bridgehead atoms. The zero-order chi connectivity index (χ0) is 17.4. The molecule has 0 saturated heterocycles. The lowest BCUT2D eigenvalue weighted by Crippen LogP contribution is -2.11. The van der Waals surface area contributed by atoms with Crippen LogP contribution in [0.15, 0.2) is 9.82 Å². The van der Waals surface area contributed by atoms with Gasteiger partial charge in [0.15, 0.2) is 0 Å². The predicted octanol–water partition coefficient (Wildman–Crippen LogP) is 3.17. The van der Waals surface area contributed by atoms with E-state index >= 15 is 0 Å². The summed E-state index contributed by atoms with van der Waals surface area (Å²) in [6.07, 6.45) is 0. The fourth-order valence-corrected chi connectivity index (χ4v) is 4.41. The number of rotatable bonds is 3. The monoisotopic (exact) mass is 357 g/mol. The summed E-state index contributed by atoms with van der Waals surface area (Å²) in [6, 6.07) is 2.14. The Hall–Kier alpha value is -2.24. The van der Waals surface area contributed by atoms with Crippen LogP contribution in [0.5, 0.6) is 0 Å². The molecule has 0 aromatic carbocycles. The molecule has 0 aliphatic heterocycles.